The van der Waals surface area contributed by atoms with Gasteiger partial charge in [0.15, 0.2) is 5.78 Å². The van der Waals surface area contributed by atoms with E-state index in [9.17, 15) is 45.7 Å². The van der Waals surface area contributed by atoms with Crippen LogP contribution in [0.3, 0.4) is 0 Å². The van der Waals surface area contributed by atoms with Crippen molar-refractivity contribution < 1.29 is 105 Å². The third kappa shape index (κ3) is 4.00. The average molecular weight is 474 g/mol. The van der Waals surface area contributed by atoms with E-state index in [-0.39, 0.29) is 59.1 Å². The fourth-order valence-electron chi connectivity index (χ4n) is 2.90. The summed E-state index contributed by atoms with van der Waals surface area (Å²) in [6.07, 6.45) is 0. The maximum absolute atomic E-state index is 12.8. The van der Waals surface area contributed by atoms with E-state index >= 15 is 0 Å². The van der Waals surface area contributed by atoms with E-state index in [1.165, 1.54) is 0 Å². The third-order valence-corrected chi connectivity index (χ3v) is 5.74. The topological polar surface area (TPSA) is 241 Å². The summed E-state index contributed by atoms with van der Waals surface area (Å²) in [4.78, 5) is 22.9. The quantitative estimate of drug-likeness (QED) is 0.117. The van der Waals surface area contributed by atoms with Crippen LogP contribution in [0.2, 0.25) is 0 Å². The number of aromatic hydroxyl groups is 2. The zero-order valence-electron chi connectivity index (χ0n) is 15.3. The number of carbonyl (C=O) groups excluding carboxylic acids is 2. The fraction of sp³-hybridized carbons (Fsp3) is 0. The first-order chi connectivity index (χ1) is 12.7. The number of anilines is 2. The molecule has 0 fully saturated rings. The number of rotatable bonds is 2. The molecule has 0 aromatic heterocycles. The Morgan fingerprint density at radius 2 is 0.933 bits per heavy atom. The van der Waals surface area contributed by atoms with Crippen LogP contribution in [0.4, 0.5) is 11.4 Å². The number of phenols is 2. The van der Waals surface area contributed by atoms with Crippen LogP contribution in [-0.4, -0.2) is 47.7 Å². The molecule has 2 aromatic carbocycles. The predicted octanol–water partition coefficient (Wildman–Crippen LogP) is -7.15. The number of hydrogen-bond donors (Lipinski definition) is 4. The monoisotopic (exact) mass is 474 g/mol. The number of benzene rings is 2. The molecule has 1 aliphatic rings. The fourth-order valence-corrected chi connectivity index (χ4v) is 4.12. The van der Waals surface area contributed by atoms with Gasteiger partial charge in [-0.1, -0.05) is 0 Å². The van der Waals surface area contributed by atoms with Crippen molar-refractivity contribution >= 4 is 43.2 Å². The summed E-state index contributed by atoms with van der Waals surface area (Å²) in [7, 11) is -10.7. The summed E-state index contributed by atoms with van der Waals surface area (Å²) in [5.74, 6) is -5.47. The van der Waals surface area contributed by atoms with Crippen molar-refractivity contribution in [2.24, 2.45) is 0 Å². The van der Waals surface area contributed by atoms with E-state index in [1.807, 2.05) is 0 Å². The first-order valence-electron chi connectivity index (χ1n) is 7.00. The van der Waals surface area contributed by atoms with Crippen LogP contribution in [0.15, 0.2) is 21.9 Å². The van der Waals surface area contributed by atoms with E-state index < -0.39 is 86.7 Å². The molecule has 2 aromatic rings. The van der Waals surface area contributed by atoms with Crippen molar-refractivity contribution in [1.82, 2.24) is 0 Å². The second kappa shape index (κ2) is 8.38. The summed E-state index contributed by atoms with van der Waals surface area (Å²) in [6.45, 7) is 0. The minimum Gasteiger partial charge on any atom is -0.744 e. The Balaban J connectivity index is 0.00000225. The van der Waals surface area contributed by atoms with Gasteiger partial charge >= 0.3 is 59.1 Å². The molecule has 0 saturated heterocycles. The molecule has 0 amide bonds. The van der Waals surface area contributed by atoms with Gasteiger partial charge in [-0.3, -0.25) is 9.59 Å². The Bertz CT molecular complexity index is 1240. The molecule has 0 unspecified atom stereocenters. The molecule has 148 valence electrons. The largest absolute Gasteiger partial charge is 1.00 e. The van der Waals surface area contributed by atoms with Gasteiger partial charge in [0.2, 0.25) is 5.78 Å². The molecule has 16 heteroatoms. The molecule has 0 radical (unpaired) electrons. The van der Waals surface area contributed by atoms with E-state index in [4.69, 9.17) is 11.5 Å². The van der Waals surface area contributed by atoms with Crippen LogP contribution in [0.1, 0.15) is 31.8 Å². The van der Waals surface area contributed by atoms with Crippen molar-refractivity contribution in [2.75, 3.05) is 11.5 Å². The van der Waals surface area contributed by atoms with Gasteiger partial charge in [-0.25, -0.2) is 16.8 Å². The Kier molecular flexibility index (Phi) is 7.50. The number of ketones is 2. The normalized spacial score (nSPS) is 13.0. The van der Waals surface area contributed by atoms with Crippen LogP contribution in [0, 0.1) is 0 Å². The molecule has 0 aliphatic heterocycles. The second-order valence-electron chi connectivity index (χ2n) is 5.69. The van der Waals surface area contributed by atoms with E-state index in [0.717, 1.165) is 0 Å². The van der Waals surface area contributed by atoms with Crippen LogP contribution in [0.5, 0.6) is 11.5 Å². The third-order valence-electron chi connectivity index (χ3n) is 4.04. The minimum absolute atomic E-state index is 0. The second-order valence-corrected chi connectivity index (χ2v) is 8.39. The van der Waals surface area contributed by atoms with Crippen LogP contribution < -0.4 is 70.6 Å². The molecule has 3 rings (SSSR count). The summed E-state index contributed by atoms with van der Waals surface area (Å²) in [5.41, 5.74) is 6.30. The van der Waals surface area contributed by atoms with Crippen LogP contribution in [0.25, 0.3) is 0 Å². The molecular formula is C14H8N2Na2O10S2. The van der Waals surface area contributed by atoms with E-state index in [1.54, 1.807) is 0 Å². The number of carbonyl (C=O) groups is 2. The van der Waals surface area contributed by atoms with Gasteiger partial charge in [0.05, 0.1) is 32.0 Å². The summed E-state index contributed by atoms with van der Waals surface area (Å²) < 4.78 is 67.6. The van der Waals surface area contributed by atoms with Crippen molar-refractivity contribution in [3.63, 3.8) is 0 Å². The molecule has 0 atom stereocenters. The molecule has 1 aliphatic carbocycles. The van der Waals surface area contributed by atoms with Crippen molar-refractivity contribution in [1.29, 1.82) is 0 Å². The molecular weight excluding hydrogens is 466 g/mol. The average Bonchev–Trinajstić information content (AvgIpc) is 2.53. The molecule has 6 N–H and O–H groups in total. The molecule has 0 bridgehead atoms. The van der Waals surface area contributed by atoms with Gasteiger partial charge in [0, 0.05) is 11.4 Å². The van der Waals surface area contributed by atoms with Crippen molar-refractivity contribution in [2.45, 2.75) is 9.79 Å². The maximum atomic E-state index is 12.8. The predicted molar refractivity (Wildman–Crippen MR) is 87.8 cm³/mol. The molecule has 0 saturated carbocycles. The molecule has 0 spiro atoms. The van der Waals surface area contributed by atoms with Gasteiger partial charge < -0.3 is 30.8 Å². The maximum Gasteiger partial charge on any atom is 1.00 e. The zero-order valence-corrected chi connectivity index (χ0v) is 20.9. The summed E-state index contributed by atoms with van der Waals surface area (Å²) in [5, 5.41) is 20.2. The number of nitrogens with two attached hydrogens (primary N) is 2. The minimum atomic E-state index is -5.33. The van der Waals surface area contributed by atoms with Crippen molar-refractivity contribution in [3.05, 3.63) is 34.4 Å². The van der Waals surface area contributed by atoms with Gasteiger partial charge in [0.25, 0.3) is 0 Å². The van der Waals surface area contributed by atoms with E-state index in [0.29, 0.717) is 12.1 Å². The molecule has 12 nitrogen and oxygen atoms in total. The Morgan fingerprint density at radius 1 is 0.667 bits per heavy atom. The number of phenolic OH excluding ortho intramolecular Hbond substituents is 2. The number of nitrogen functional groups attached to an aromatic ring is 2. The van der Waals surface area contributed by atoms with E-state index in [2.05, 4.69) is 0 Å². The number of fused-ring (bicyclic) bond motifs is 2. The smallest absolute Gasteiger partial charge is 0.744 e. The SMILES string of the molecule is Nc1cc(S(=O)(=O)[O-])c(O)c2c1C(=O)c1c(N)cc(S(=O)(=O)[O-])c(O)c1C2=O.[Na+].[Na+]. The first-order valence-corrected chi connectivity index (χ1v) is 9.81. The van der Waals surface area contributed by atoms with Crippen LogP contribution >= 0.6 is 0 Å². The Labute approximate surface area is 213 Å². The Morgan fingerprint density at radius 3 is 1.20 bits per heavy atom. The summed E-state index contributed by atoms with van der Waals surface area (Å²) >= 11 is 0. The van der Waals surface area contributed by atoms with Gasteiger partial charge in [-0.05, 0) is 12.1 Å². The van der Waals surface area contributed by atoms with Gasteiger partial charge in [0.1, 0.15) is 31.7 Å². The molecule has 0 heterocycles. The number of hydrogen-bond acceptors (Lipinski definition) is 12. The Hall–Kier alpha value is -1.20. The summed E-state index contributed by atoms with van der Waals surface area (Å²) in [6, 6.07) is 0.943. The van der Waals surface area contributed by atoms with Gasteiger partial charge in [-0.2, -0.15) is 0 Å². The molecule has 30 heavy (non-hydrogen) atoms. The first kappa shape index (κ1) is 26.8. The van der Waals surface area contributed by atoms with Crippen LogP contribution in [-0.2, 0) is 20.2 Å². The van der Waals surface area contributed by atoms with Crippen molar-refractivity contribution in [3.8, 4) is 11.5 Å². The zero-order chi connectivity index (χ0) is 21.3. The standard InChI is InChI=1S/C14H10N2O10S2.2Na/c15-3-1-5(27(21,22)23)11(17)9-7(3)13(19)8-4(16)2-6(28(24,25)26)12(18)10(8)14(9)20;;/h1-2,17-18H,15-16H2,(H,21,22,23)(H,24,25,26);;/q;2*+1/p-2. The van der Waals surface area contributed by atoms with Gasteiger partial charge in [-0.15, -0.1) is 0 Å².